The van der Waals surface area contributed by atoms with Crippen molar-refractivity contribution < 1.29 is 23.1 Å². The maximum absolute atomic E-state index is 14.5. The van der Waals surface area contributed by atoms with E-state index >= 15 is 0 Å². The number of carbonyl (C=O) groups excluding carboxylic acids is 2. The van der Waals surface area contributed by atoms with Gasteiger partial charge in [-0.1, -0.05) is 5.11 Å². The number of piperidine rings is 1. The summed E-state index contributed by atoms with van der Waals surface area (Å²) in [5.74, 6) is -1.55. The second-order valence-electron chi connectivity index (χ2n) is 5.81. The molecule has 1 atom stereocenters. The van der Waals surface area contributed by atoms with Crippen molar-refractivity contribution in [2.75, 3.05) is 36.0 Å². The first-order chi connectivity index (χ1) is 12.0. The summed E-state index contributed by atoms with van der Waals surface area (Å²) < 4.78 is 33.9. The molecule has 0 radical (unpaired) electrons. The van der Waals surface area contributed by atoms with Crippen LogP contribution >= 0.6 is 0 Å². The SMILES string of the molecule is [N-]=[N+]=NCC1CN(c2cc(F)c(N3CCC(=O)CC3)c(F)c2)C(=O)O1. The molecule has 8 nitrogen and oxygen atoms in total. The van der Waals surface area contributed by atoms with E-state index in [4.69, 9.17) is 10.3 Å². The zero-order chi connectivity index (χ0) is 18.0. The number of rotatable bonds is 4. The smallest absolute Gasteiger partial charge is 0.414 e. The fraction of sp³-hybridized carbons (Fsp3) is 0.467. The first-order valence-corrected chi connectivity index (χ1v) is 7.74. The molecule has 2 heterocycles. The number of halogens is 2. The Balaban J connectivity index is 1.81. The number of nitrogens with zero attached hydrogens (tertiary/aromatic N) is 5. The highest BCUT2D eigenvalue weighted by atomic mass is 19.1. The number of benzene rings is 1. The van der Waals surface area contributed by atoms with Gasteiger partial charge in [-0.15, -0.1) is 0 Å². The Bertz CT molecular complexity index is 733. The number of amides is 1. The van der Waals surface area contributed by atoms with Gasteiger partial charge in [0, 0.05) is 43.0 Å². The standard InChI is InChI=1S/C15H15F2N5O3/c16-12-5-9(22-8-11(7-19-20-18)25-15(22)24)6-13(17)14(12)21-3-1-10(23)2-4-21/h5-6,11H,1-4,7-8H2. The number of hydrogen-bond donors (Lipinski definition) is 0. The second kappa shape index (κ2) is 6.94. The quantitative estimate of drug-likeness (QED) is 0.473. The number of azide groups is 1. The lowest BCUT2D eigenvalue weighted by molar-refractivity contribution is -0.119. The minimum absolute atomic E-state index is 0.0280. The average Bonchev–Trinajstić information content (AvgIpc) is 2.95. The van der Waals surface area contributed by atoms with Crippen molar-refractivity contribution in [3.8, 4) is 0 Å². The Hall–Kier alpha value is -2.87. The van der Waals surface area contributed by atoms with E-state index in [9.17, 15) is 18.4 Å². The van der Waals surface area contributed by atoms with Crippen LogP contribution in [0.2, 0.25) is 0 Å². The second-order valence-corrected chi connectivity index (χ2v) is 5.81. The van der Waals surface area contributed by atoms with Crippen LogP contribution < -0.4 is 9.80 Å². The third-order valence-corrected chi connectivity index (χ3v) is 4.17. The molecule has 0 aliphatic carbocycles. The lowest BCUT2D eigenvalue weighted by atomic mass is 10.1. The molecule has 3 rings (SSSR count). The highest BCUT2D eigenvalue weighted by Gasteiger charge is 2.33. The molecule has 0 spiro atoms. The molecular formula is C15H15F2N5O3. The Labute approximate surface area is 141 Å². The molecule has 2 aliphatic heterocycles. The van der Waals surface area contributed by atoms with Crippen LogP contribution in [0.15, 0.2) is 17.2 Å². The van der Waals surface area contributed by atoms with E-state index in [1.165, 1.54) is 4.90 Å². The molecule has 0 saturated carbocycles. The summed E-state index contributed by atoms with van der Waals surface area (Å²) in [6.45, 7) is 0.496. The number of Topliss-reactive ketones (excluding diaryl/α,β-unsaturated/α-hetero) is 1. The van der Waals surface area contributed by atoms with Crippen LogP contribution in [0.5, 0.6) is 0 Å². The monoisotopic (exact) mass is 351 g/mol. The van der Waals surface area contributed by atoms with Crippen LogP contribution in [0.25, 0.3) is 10.4 Å². The Morgan fingerprint density at radius 1 is 1.24 bits per heavy atom. The van der Waals surface area contributed by atoms with E-state index in [0.717, 1.165) is 17.0 Å². The van der Waals surface area contributed by atoms with E-state index in [1.54, 1.807) is 0 Å². The zero-order valence-corrected chi connectivity index (χ0v) is 13.2. The highest BCUT2D eigenvalue weighted by molar-refractivity contribution is 5.90. The fourth-order valence-electron chi connectivity index (χ4n) is 2.94. The van der Waals surface area contributed by atoms with Gasteiger partial charge in [0.1, 0.15) is 17.6 Å². The van der Waals surface area contributed by atoms with Crippen molar-refractivity contribution in [1.82, 2.24) is 0 Å². The van der Waals surface area contributed by atoms with Gasteiger partial charge in [0.2, 0.25) is 0 Å². The third-order valence-electron chi connectivity index (χ3n) is 4.17. The molecule has 0 N–H and O–H groups in total. The number of hydrogen-bond acceptors (Lipinski definition) is 5. The summed E-state index contributed by atoms with van der Waals surface area (Å²) in [4.78, 5) is 28.3. The minimum atomic E-state index is -0.810. The van der Waals surface area contributed by atoms with E-state index in [2.05, 4.69) is 10.0 Å². The molecule has 25 heavy (non-hydrogen) atoms. The van der Waals surface area contributed by atoms with Gasteiger partial charge in [0.15, 0.2) is 11.6 Å². The molecule has 0 aromatic heterocycles. The average molecular weight is 351 g/mol. The van der Waals surface area contributed by atoms with Crippen molar-refractivity contribution in [1.29, 1.82) is 0 Å². The lowest BCUT2D eigenvalue weighted by Gasteiger charge is -2.29. The fourth-order valence-corrected chi connectivity index (χ4v) is 2.94. The van der Waals surface area contributed by atoms with E-state index in [1.807, 2.05) is 0 Å². The Kier molecular flexibility index (Phi) is 4.71. The van der Waals surface area contributed by atoms with E-state index in [0.29, 0.717) is 0 Å². The maximum atomic E-state index is 14.5. The van der Waals surface area contributed by atoms with E-state index in [-0.39, 0.29) is 56.2 Å². The van der Waals surface area contributed by atoms with Crippen LogP contribution in [-0.2, 0) is 9.53 Å². The van der Waals surface area contributed by atoms with Crippen molar-refractivity contribution in [3.05, 3.63) is 34.2 Å². The molecule has 1 amide bonds. The molecule has 132 valence electrons. The number of ketones is 1. The van der Waals surface area contributed by atoms with Crippen molar-refractivity contribution in [2.24, 2.45) is 5.11 Å². The van der Waals surface area contributed by atoms with Gasteiger partial charge in [0.25, 0.3) is 0 Å². The van der Waals surface area contributed by atoms with Gasteiger partial charge in [-0.3, -0.25) is 9.69 Å². The summed E-state index contributed by atoms with van der Waals surface area (Å²) >= 11 is 0. The van der Waals surface area contributed by atoms with E-state index < -0.39 is 23.8 Å². The summed E-state index contributed by atoms with van der Waals surface area (Å²) in [7, 11) is 0. The predicted molar refractivity (Wildman–Crippen MR) is 84.4 cm³/mol. The first kappa shape index (κ1) is 17.0. The zero-order valence-electron chi connectivity index (χ0n) is 13.2. The molecule has 2 fully saturated rings. The first-order valence-electron chi connectivity index (χ1n) is 7.74. The summed E-state index contributed by atoms with van der Waals surface area (Å²) in [5.41, 5.74) is 8.13. The van der Waals surface area contributed by atoms with Crippen LogP contribution in [0.3, 0.4) is 0 Å². The molecule has 1 unspecified atom stereocenters. The highest BCUT2D eigenvalue weighted by Crippen LogP contribution is 2.32. The number of carbonyl (C=O) groups is 2. The molecular weight excluding hydrogens is 336 g/mol. The van der Waals surface area contributed by atoms with Crippen molar-refractivity contribution in [3.63, 3.8) is 0 Å². The predicted octanol–water partition coefficient (Wildman–Crippen LogP) is 2.77. The maximum Gasteiger partial charge on any atom is 0.414 e. The summed E-state index contributed by atoms with van der Waals surface area (Å²) in [5, 5.41) is 3.33. The van der Waals surface area contributed by atoms with Crippen LogP contribution in [0, 0.1) is 11.6 Å². The largest absolute Gasteiger partial charge is 0.444 e. The molecule has 1 aromatic rings. The number of anilines is 2. The number of ether oxygens (including phenoxy) is 1. The van der Waals surface area contributed by atoms with Gasteiger partial charge in [0.05, 0.1) is 18.8 Å². The normalized spacial score (nSPS) is 20.5. The Morgan fingerprint density at radius 3 is 2.48 bits per heavy atom. The van der Waals surface area contributed by atoms with Crippen molar-refractivity contribution >= 4 is 23.3 Å². The molecule has 10 heteroatoms. The van der Waals surface area contributed by atoms with Gasteiger partial charge >= 0.3 is 6.09 Å². The molecule has 1 aromatic carbocycles. The lowest BCUT2D eigenvalue weighted by Crippen LogP contribution is -2.35. The van der Waals surface area contributed by atoms with Crippen LogP contribution in [0.1, 0.15) is 12.8 Å². The molecule has 0 bridgehead atoms. The Morgan fingerprint density at radius 2 is 1.88 bits per heavy atom. The van der Waals surface area contributed by atoms with Crippen molar-refractivity contribution in [2.45, 2.75) is 18.9 Å². The van der Waals surface area contributed by atoms with Gasteiger partial charge < -0.3 is 9.64 Å². The molecule has 2 saturated heterocycles. The number of cyclic esters (lactones) is 1. The van der Waals surface area contributed by atoms with Crippen LogP contribution in [-0.4, -0.2) is 44.2 Å². The van der Waals surface area contributed by atoms with Gasteiger partial charge in [-0.2, -0.15) is 0 Å². The third kappa shape index (κ3) is 3.48. The summed E-state index contributed by atoms with van der Waals surface area (Å²) in [6.07, 6.45) is -0.920. The van der Waals surface area contributed by atoms with Gasteiger partial charge in [-0.05, 0) is 5.53 Å². The summed E-state index contributed by atoms with van der Waals surface area (Å²) in [6, 6.07) is 2.12. The van der Waals surface area contributed by atoms with Crippen LogP contribution in [0.4, 0.5) is 25.0 Å². The topological polar surface area (TPSA) is 98.6 Å². The van der Waals surface area contributed by atoms with Gasteiger partial charge in [-0.25, -0.2) is 13.6 Å². The minimum Gasteiger partial charge on any atom is -0.444 e. The molecule has 2 aliphatic rings.